The fourth-order valence-electron chi connectivity index (χ4n) is 7.74. The number of carbonyl (C=O) groups excluding carboxylic acids is 3. The quantitative estimate of drug-likeness (QED) is 0.0195. The smallest absolute Gasteiger partial charge is 0.306 e. The predicted molar refractivity (Wildman–Crippen MR) is 283 cm³/mol. The molecule has 0 spiro atoms. The lowest BCUT2D eigenvalue weighted by Gasteiger charge is -2.26. The van der Waals surface area contributed by atoms with Crippen LogP contribution in [0.2, 0.25) is 0 Å². The van der Waals surface area contributed by atoms with E-state index >= 15 is 0 Å². The first-order chi connectivity index (χ1) is 33.1. The zero-order valence-corrected chi connectivity index (χ0v) is 44.7. The van der Waals surface area contributed by atoms with Crippen LogP contribution in [0.15, 0.2) is 60.8 Å². The lowest BCUT2D eigenvalue weighted by atomic mass is 10.0. The molecule has 394 valence electrons. The van der Waals surface area contributed by atoms with E-state index in [4.69, 9.17) is 18.9 Å². The van der Waals surface area contributed by atoms with Gasteiger partial charge in [-0.15, -0.1) is 0 Å². The average Bonchev–Trinajstić information content (AvgIpc) is 3.30. The fraction of sp³-hybridized carbons (Fsp3) is 0.780. The van der Waals surface area contributed by atoms with E-state index in [0.29, 0.717) is 23.9 Å². The number of hydrogen-bond donors (Lipinski definition) is 0. The number of carboxylic acid groups (broad SMARTS) is 1. The third-order valence-electron chi connectivity index (χ3n) is 12.0. The molecule has 0 bridgehead atoms. The van der Waals surface area contributed by atoms with Crippen LogP contribution in [0, 0.1) is 0 Å². The second-order valence-electron chi connectivity index (χ2n) is 19.9. The molecule has 0 saturated carbocycles. The molecule has 0 heterocycles. The van der Waals surface area contributed by atoms with Gasteiger partial charge < -0.3 is 33.3 Å². The number of carbonyl (C=O) groups is 3. The van der Waals surface area contributed by atoms with Gasteiger partial charge in [0.05, 0.1) is 40.3 Å². The molecule has 9 nitrogen and oxygen atoms in total. The predicted octanol–water partition coefficient (Wildman–Crippen LogP) is 14.7. The van der Waals surface area contributed by atoms with Gasteiger partial charge in [0, 0.05) is 12.8 Å². The summed E-state index contributed by atoms with van der Waals surface area (Å²) in [6.07, 6.45) is 59.7. The van der Waals surface area contributed by atoms with Crippen LogP contribution in [0.5, 0.6) is 0 Å². The summed E-state index contributed by atoms with van der Waals surface area (Å²) in [7, 11) is 5.92. The molecule has 0 N–H and O–H groups in total. The molecule has 2 unspecified atom stereocenters. The molecule has 0 fully saturated rings. The maximum absolute atomic E-state index is 12.8. The van der Waals surface area contributed by atoms with Crippen molar-refractivity contribution in [1.29, 1.82) is 0 Å². The molecular weight excluding hydrogens is 851 g/mol. The average molecular weight is 956 g/mol. The van der Waals surface area contributed by atoms with Gasteiger partial charge in [-0.3, -0.25) is 9.59 Å². The van der Waals surface area contributed by atoms with Crippen molar-refractivity contribution in [3.8, 4) is 0 Å². The van der Waals surface area contributed by atoms with Gasteiger partial charge in [-0.1, -0.05) is 229 Å². The van der Waals surface area contributed by atoms with Crippen LogP contribution < -0.4 is 5.11 Å². The minimum atomic E-state index is -1.62. The third-order valence-corrected chi connectivity index (χ3v) is 12.0. The maximum atomic E-state index is 12.8. The molecule has 0 aromatic rings. The first kappa shape index (κ1) is 65.0. The van der Waals surface area contributed by atoms with E-state index in [0.717, 1.165) is 77.0 Å². The third kappa shape index (κ3) is 50.9. The molecule has 9 heteroatoms. The molecule has 0 radical (unpaired) electrons. The highest BCUT2D eigenvalue weighted by molar-refractivity contribution is 5.70. The minimum Gasteiger partial charge on any atom is -0.545 e. The number of likely N-dealkylation sites (N-methyl/N-ethyl adjacent to an activating group) is 1. The Bertz CT molecular complexity index is 1300. The first-order valence-electron chi connectivity index (χ1n) is 27.9. The lowest BCUT2D eigenvalue weighted by Crippen LogP contribution is -2.44. The van der Waals surface area contributed by atoms with Crippen molar-refractivity contribution in [1.82, 2.24) is 0 Å². The summed E-state index contributed by atoms with van der Waals surface area (Å²) < 4.78 is 22.7. The molecule has 0 rings (SSSR count). The Labute approximate surface area is 418 Å². The van der Waals surface area contributed by atoms with Gasteiger partial charge >= 0.3 is 11.9 Å². The van der Waals surface area contributed by atoms with Crippen molar-refractivity contribution >= 4 is 17.9 Å². The largest absolute Gasteiger partial charge is 0.545 e. The fourth-order valence-corrected chi connectivity index (χ4v) is 7.74. The summed E-state index contributed by atoms with van der Waals surface area (Å²) in [5.74, 6) is -2.28. The summed E-state index contributed by atoms with van der Waals surface area (Å²) in [6.45, 7) is 4.65. The van der Waals surface area contributed by atoms with Gasteiger partial charge in [0.2, 0.25) is 0 Å². The molecule has 0 aliphatic heterocycles. The monoisotopic (exact) mass is 956 g/mol. The zero-order chi connectivity index (χ0) is 49.9. The second-order valence-corrected chi connectivity index (χ2v) is 19.9. The number of quaternary nitrogens is 1. The van der Waals surface area contributed by atoms with Crippen molar-refractivity contribution in [3.05, 3.63) is 60.8 Å². The molecular formula is C59H105NO8. The van der Waals surface area contributed by atoms with E-state index in [1.54, 1.807) is 0 Å². The summed E-state index contributed by atoms with van der Waals surface area (Å²) in [5.41, 5.74) is 0. The summed E-state index contributed by atoms with van der Waals surface area (Å²) in [5, 5.41) is 11.8. The number of ether oxygens (including phenoxy) is 4. The highest BCUT2D eigenvalue weighted by atomic mass is 16.7. The Morgan fingerprint density at radius 2 is 0.838 bits per heavy atom. The number of hydrogen-bond acceptors (Lipinski definition) is 8. The SMILES string of the molecule is CC/C=C\C/C=C\C/C=C\C/C=C\C/C=C\CCCCCCCCCCCCCC(=O)OC(COC(=O)CCCCCCCCCCCCCCCCCC)COC(OCC[N+](C)(C)C)C(=O)[O-]. The molecule has 68 heavy (non-hydrogen) atoms. The van der Waals surface area contributed by atoms with Crippen molar-refractivity contribution in [2.24, 2.45) is 0 Å². The zero-order valence-electron chi connectivity index (χ0n) is 44.7. The maximum Gasteiger partial charge on any atom is 0.306 e. The Hall–Kier alpha value is -3.01. The van der Waals surface area contributed by atoms with Crippen molar-refractivity contribution in [2.75, 3.05) is 47.5 Å². The van der Waals surface area contributed by atoms with Crippen LogP contribution in [0.25, 0.3) is 0 Å². The molecule has 0 aromatic heterocycles. The van der Waals surface area contributed by atoms with E-state index in [-0.39, 0.29) is 32.2 Å². The lowest BCUT2D eigenvalue weighted by molar-refractivity contribution is -0.870. The van der Waals surface area contributed by atoms with E-state index in [1.165, 1.54) is 128 Å². The van der Waals surface area contributed by atoms with Crippen LogP contribution in [0.4, 0.5) is 0 Å². The van der Waals surface area contributed by atoms with Gasteiger partial charge in [0.1, 0.15) is 13.2 Å². The first-order valence-corrected chi connectivity index (χ1v) is 27.9. The van der Waals surface area contributed by atoms with E-state index < -0.39 is 24.3 Å². The van der Waals surface area contributed by atoms with Crippen molar-refractivity contribution in [3.63, 3.8) is 0 Å². The number of carboxylic acids is 1. The van der Waals surface area contributed by atoms with Crippen molar-refractivity contribution in [2.45, 2.75) is 251 Å². The Morgan fingerprint density at radius 1 is 0.456 bits per heavy atom. The van der Waals surface area contributed by atoms with E-state index in [2.05, 4.69) is 74.6 Å². The Morgan fingerprint density at radius 3 is 1.25 bits per heavy atom. The summed E-state index contributed by atoms with van der Waals surface area (Å²) >= 11 is 0. The van der Waals surface area contributed by atoms with Gasteiger partial charge in [0.25, 0.3) is 0 Å². The number of esters is 2. The van der Waals surface area contributed by atoms with Gasteiger partial charge in [-0.05, 0) is 57.8 Å². The summed E-state index contributed by atoms with van der Waals surface area (Å²) in [6, 6.07) is 0. The topological polar surface area (TPSA) is 111 Å². The number of rotatable bonds is 51. The van der Waals surface area contributed by atoms with Crippen molar-refractivity contribution < 1.29 is 42.9 Å². The Balaban J connectivity index is 4.24. The van der Waals surface area contributed by atoms with E-state index in [1.807, 2.05) is 21.1 Å². The van der Waals surface area contributed by atoms with Gasteiger partial charge in [-0.2, -0.15) is 0 Å². The summed E-state index contributed by atoms with van der Waals surface area (Å²) in [4.78, 5) is 37.2. The van der Waals surface area contributed by atoms with Crippen LogP contribution >= 0.6 is 0 Å². The standard InChI is InChI=1S/C59H105NO8/c1-6-8-10-12-14-16-18-20-22-24-25-26-27-28-29-30-31-32-33-34-36-38-40-42-44-46-48-50-57(62)68-55(54-67-59(58(63)64)65-52-51-60(3,4)5)53-66-56(61)49-47-45-43-41-39-37-35-23-21-19-17-15-13-11-9-7-2/h8,10,14,16,20,22,25-26,28-29,55,59H,6-7,9,11-13,15,17-19,21,23-24,27,30-54H2,1-5H3/b10-8-,16-14-,22-20-,26-25-,29-28-. The van der Waals surface area contributed by atoms with Gasteiger partial charge in [0.15, 0.2) is 12.4 Å². The minimum absolute atomic E-state index is 0.147. The highest BCUT2D eigenvalue weighted by Gasteiger charge is 2.22. The highest BCUT2D eigenvalue weighted by Crippen LogP contribution is 2.16. The second kappa shape index (κ2) is 50.4. The van der Waals surface area contributed by atoms with Crippen LogP contribution in [-0.4, -0.2) is 82.3 Å². The molecule has 0 aliphatic carbocycles. The molecule has 0 amide bonds. The molecule has 0 aliphatic rings. The molecule has 2 atom stereocenters. The van der Waals surface area contributed by atoms with Crippen LogP contribution in [-0.2, 0) is 33.3 Å². The molecule has 0 aromatic carbocycles. The number of allylic oxidation sites excluding steroid dienone is 10. The Kier molecular flexibility index (Phi) is 48.2. The number of unbranched alkanes of at least 4 members (excludes halogenated alkanes) is 26. The van der Waals surface area contributed by atoms with Crippen LogP contribution in [0.1, 0.15) is 239 Å². The normalized spacial score (nSPS) is 13.2. The van der Waals surface area contributed by atoms with Gasteiger partial charge in [-0.25, -0.2) is 0 Å². The number of nitrogens with zero attached hydrogens (tertiary/aromatic N) is 1. The van der Waals surface area contributed by atoms with Crippen LogP contribution in [0.3, 0.4) is 0 Å². The van der Waals surface area contributed by atoms with E-state index in [9.17, 15) is 19.5 Å². The molecule has 0 saturated heterocycles. The number of aliphatic carboxylic acids is 1.